The van der Waals surface area contributed by atoms with Gasteiger partial charge in [0, 0.05) is 0 Å². The predicted molar refractivity (Wildman–Crippen MR) is 116 cm³/mol. The molecule has 0 radical (unpaired) electrons. The Kier molecular flexibility index (Phi) is 6.65. The van der Waals surface area contributed by atoms with Gasteiger partial charge in [-0.3, -0.25) is 0 Å². The molecule has 0 atom stereocenters. The van der Waals surface area contributed by atoms with Crippen LogP contribution in [-0.4, -0.2) is 11.1 Å². The SMILES string of the molecule is CCCCc1ccc(CCc2ccc(-c3ccc(C(=O)O)c(C)c3)cc2)cc1. The van der Waals surface area contributed by atoms with E-state index in [-0.39, 0.29) is 0 Å². The number of hydrogen-bond acceptors (Lipinski definition) is 1. The second kappa shape index (κ2) is 9.36. The highest BCUT2D eigenvalue weighted by molar-refractivity contribution is 5.90. The molecule has 3 aromatic carbocycles. The standard InChI is InChI=1S/C26H28O2/c1-3-4-5-20-6-8-21(9-7-20)10-11-22-12-14-23(15-13-22)24-16-17-25(26(27)28)19(2)18-24/h6-9,12-18H,3-5,10-11H2,1-2H3,(H,27,28). The highest BCUT2D eigenvalue weighted by Crippen LogP contribution is 2.23. The summed E-state index contributed by atoms with van der Waals surface area (Å²) in [5.41, 5.74) is 7.44. The van der Waals surface area contributed by atoms with Gasteiger partial charge in [0.05, 0.1) is 5.56 Å². The molecular weight excluding hydrogens is 344 g/mol. The van der Waals surface area contributed by atoms with Gasteiger partial charge in [-0.05, 0) is 72.1 Å². The summed E-state index contributed by atoms with van der Waals surface area (Å²) >= 11 is 0. The third-order valence-corrected chi connectivity index (χ3v) is 5.29. The zero-order chi connectivity index (χ0) is 19.9. The topological polar surface area (TPSA) is 37.3 Å². The molecule has 2 nitrogen and oxygen atoms in total. The molecular formula is C26H28O2. The number of hydrogen-bond donors (Lipinski definition) is 1. The summed E-state index contributed by atoms with van der Waals surface area (Å²) in [6.07, 6.45) is 5.72. The lowest BCUT2D eigenvalue weighted by molar-refractivity contribution is 0.0696. The molecule has 0 spiro atoms. The smallest absolute Gasteiger partial charge is 0.335 e. The Hall–Kier alpha value is -2.87. The van der Waals surface area contributed by atoms with E-state index in [1.165, 1.54) is 36.0 Å². The zero-order valence-electron chi connectivity index (χ0n) is 16.7. The summed E-state index contributed by atoms with van der Waals surface area (Å²) in [7, 11) is 0. The third kappa shape index (κ3) is 5.10. The van der Waals surface area contributed by atoms with Crippen LogP contribution in [0.5, 0.6) is 0 Å². The van der Waals surface area contributed by atoms with Gasteiger partial charge in [-0.1, -0.05) is 74.0 Å². The summed E-state index contributed by atoms with van der Waals surface area (Å²) in [5, 5.41) is 9.17. The van der Waals surface area contributed by atoms with Crippen LogP contribution in [-0.2, 0) is 19.3 Å². The second-order valence-corrected chi connectivity index (χ2v) is 7.45. The summed E-state index contributed by atoms with van der Waals surface area (Å²) in [6.45, 7) is 4.07. The van der Waals surface area contributed by atoms with Gasteiger partial charge in [-0.15, -0.1) is 0 Å². The maximum absolute atomic E-state index is 11.2. The highest BCUT2D eigenvalue weighted by Gasteiger charge is 2.08. The number of carboxylic acids is 1. The molecule has 0 aliphatic rings. The molecule has 3 rings (SSSR count). The maximum Gasteiger partial charge on any atom is 0.335 e. The highest BCUT2D eigenvalue weighted by atomic mass is 16.4. The van der Waals surface area contributed by atoms with Crippen LogP contribution in [0.15, 0.2) is 66.7 Å². The first-order valence-electron chi connectivity index (χ1n) is 10.1. The summed E-state index contributed by atoms with van der Waals surface area (Å²) in [5.74, 6) is -0.877. The van der Waals surface area contributed by atoms with Gasteiger partial charge >= 0.3 is 5.97 Å². The minimum absolute atomic E-state index is 0.362. The molecule has 0 aliphatic heterocycles. The van der Waals surface area contributed by atoms with Crippen LogP contribution >= 0.6 is 0 Å². The van der Waals surface area contributed by atoms with Crippen LogP contribution in [0.25, 0.3) is 11.1 Å². The van der Waals surface area contributed by atoms with E-state index in [2.05, 4.69) is 55.5 Å². The van der Waals surface area contributed by atoms with Crippen molar-refractivity contribution in [2.24, 2.45) is 0 Å². The number of aryl methyl sites for hydroxylation is 4. The average molecular weight is 373 g/mol. The lowest BCUT2D eigenvalue weighted by atomic mass is 9.97. The molecule has 3 aromatic rings. The summed E-state index contributed by atoms with van der Waals surface area (Å²) < 4.78 is 0. The Balaban J connectivity index is 1.61. The number of unbranched alkanes of at least 4 members (excludes halogenated alkanes) is 1. The molecule has 0 aliphatic carbocycles. The molecule has 0 saturated carbocycles. The van der Waals surface area contributed by atoms with E-state index in [9.17, 15) is 4.79 Å². The number of rotatable bonds is 8. The fourth-order valence-corrected chi connectivity index (χ4v) is 3.49. The maximum atomic E-state index is 11.2. The van der Waals surface area contributed by atoms with Crippen molar-refractivity contribution in [3.63, 3.8) is 0 Å². The number of carbonyl (C=O) groups is 1. The molecule has 0 saturated heterocycles. The average Bonchev–Trinajstić information content (AvgIpc) is 2.71. The van der Waals surface area contributed by atoms with E-state index in [4.69, 9.17) is 5.11 Å². The van der Waals surface area contributed by atoms with E-state index in [0.717, 1.165) is 29.5 Å². The van der Waals surface area contributed by atoms with E-state index in [1.807, 2.05) is 19.1 Å². The molecule has 1 N–H and O–H groups in total. The quantitative estimate of drug-likeness (QED) is 0.491. The molecule has 0 amide bonds. The molecule has 0 bridgehead atoms. The fraction of sp³-hybridized carbons (Fsp3) is 0.269. The van der Waals surface area contributed by atoms with Gasteiger partial charge < -0.3 is 5.11 Å². The van der Waals surface area contributed by atoms with Crippen LogP contribution in [0, 0.1) is 6.92 Å². The van der Waals surface area contributed by atoms with Gasteiger partial charge in [0.2, 0.25) is 0 Å². The van der Waals surface area contributed by atoms with Crippen LogP contribution in [0.4, 0.5) is 0 Å². The van der Waals surface area contributed by atoms with E-state index in [1.54, 1.807) is 6.07 Å². The van der Waals surface area contributed by atoms with Crippen LogP contribution in [0.1, 0.15) is 52.4 Å². The van der Waals surface area contributed by atoms with Crippen LogP contribution in [0.2, 0.25) is 0 Å². The molecule has 144 valence electrons. The monoisotopic (exact) mass is 372 g/mol. The number of benzene rings is 3. The Labute approximate surface area is 167 Å². The van der Waals surface area contributed by atoms with E-state index < -0.39 is 5.97 Å². The molecule has 28 heavy (non-hydrogen) atoms. The minimum atomic E-state index is -0.877. The first-order valence-corrected chi connectivity index (χ1v) is 10.1. The van der Waals surface area contributed by atoms with Crippen molar-refractivity contribution in [3.8, 4) is 11.1 Å². The van der Waals surface area contributed by atoms with Crippen molar-refractivity contribution in [2.75, 3.05) is 0 Å². The van der Waals surface area contributed by atoms with Crippen molar-refractivity contribution < 1.29 is 9.90 Å². The van der Waals surface area contributed by atoms with Crippen molar-refractivity contribution in [2.45, 2.75) is 46.0 Å². The van der Waals surface area contributed by atoms with Gasteiger partial charge in [-0.2, -0.15) is 0 Å². The minimum Gasteiger partial charge on any atom is -0.478 e. The Morgan fingerprint density at radius 2 is 1.25 bits per heavy atom. The third-order valence-electron chi connectivity index (χ3n) is 5.29. The number of carboxylic acid groups (broad SMARTS) is 1. The Morgan fingerprint density at radius 3 is 1.75 bits per heavy atom. The molecule has 0 fully saturated rings. The number of aromatic carboxylic acids is 1. The zero-order valence-corrected chi connectivity index (χ0v) is 16.7. The second-order valence-electron chi connectivity index (χ2n) is 7.45. The molecule has 0 heterocycles. The normalized spacial score (nSPS) is 10.8. The first kappa shape index (κ1) is 19.9. The van der Waals surface area contributed by atoms with Crippen molar-refractivity contribution in [1.82, 2.24) is 0 Å². The van der Waals surface area contributed by atoms with Crippen molar-refractivity contribution >= 4 is 5.97 Å². The van der Waals surface area contributed by atoms with Crippen molar-refractivity contribution in [3.05, 3.63) is 94.5 Å². The predicted octanol–water partition coefficient (Wildman–Crippen LogP) is 6.49. The Bertz CT molecular complexity index is 922. The summed E-state index contributed by atoms with van der Waals surface area (Å²) in [6, 6.07) is 23.1. The van der Waals surface area contributed by atoms with Gasteiger partial charge in [0.1, 0.15) is 0 Å². The van der Waals surface area contributed by atoms with Gasteiger partial charge in [-0.25, -0.2) is 4.79 Å². The fourth-order valence-electron chi connectivity index (χ4n) is 3.49. The first-order chi connectivity index (χ1) is 13.6. The van der Waals surface area contributed by atoms with E-state index in [0.29, 0.717) is 5.56 Å². The Morgan fingerprint density at radius 1 is 0.750 bits per heavy atom. The van der Waals surface area contributed by atoms with Crippen LogP contribution < -0.4 is 0 Å². The van der Waals surface area contributed by atoms with Crippen molar-refractivity contribution in [1.29, 1.82) is 0 Å². The lowest BCUT2D eigenvalue weighted by Crippen LogP contribution is -1.99. The molecule has 0 unspecified atom stereocenters. The van der Waals surface area contributed by atoms with Gasteiger partial charge in [0.25, 0.3) is 0 Å². The molecule has 2 heteroatoms. The van der Waals surface area contributed by atoms with Gasteiger partial charge in [0.15, 0.2) is 0 Å². The lowest BCUT2D eigenvalue weighted by Gasteiger charge is -2.08. The summed E-state index contributed by atoms with van der Waals surface area (Å²) in [4.78, 5) is 11.2. The largest absolute Gasteiger partial charge is 0.478 e. The molecule has 0 aromatic heterocycles. The van der Waals surface area contributed by atoms with E-state index >= 15 is 0 Å². The van der Waals surface area contributed by atoms with Crippen LogP contribution in [0.3, 0.4) is 0 Å².